The lowest BCUT2D eigenvalue weighted by atomic mass is 9.95. The Hall–Kier alpha value is -1.43. The number of likely N-dealkylation sites (tertiary alicyclic amines) is 2. The number of carbonyl (C=O) groups excluding carboxylic acids is 1. The summed E-state index contributed by atoms with van der Waals surface area (Å²) in [5.74, 6) is 0.994. The van der Waals surface area contributed by atoms with Gasteiger partial charge in [0.25, 0.3) is 0 Å². The van der Waals surface area contributed by atoms with Crippen LogP contribution in [0.2, 0.25) is 0 Å². The van der Waals surface area contributed by atoms with Crippen molar-refractivity contribution in [3.05, 3.63) is 35.9 Å². The number of nitrogens with zero attached hydrogens (tertiary/aromatic N) is 3. The van der Waals surface area contributed by atoms with Gasteiger partial charge >= 0.3 is 0 Å². The molecule has 2 fully saturated rings. The average Bonchev–Trinajstić information content (AvgIpc) is 3.26. The van der Waals surface area contributed by atoms with Crippen LogP contribution in [-0.2, 0) is 16.0 Å². The van der Waals surface area contributed by atoms with Crippen molar-refractivity contribution in [2.24, 2.45) is 5.92 Å². The van der Waals surface area contributed by atoms with Gasteiger partial charge in [0.15, 0.2) is 0 Å². The molecule has 1 aromatic rings. The molecule has 1 aromatic carbocycles. The number of ether oxygens (including phenoxy) is 1. The summed E-state index contributed by atoms with van der Waals surface area (Å²) in [7, 11) is 1.77. The first kappa shape index (κ1) is 24.2. The first-order valence-electron chi connectivity index (χ1n) is 12.5. The molecule has 1 amide bonds. The van der Waals surface area contributed by atoms with Crippen molar-refractivity contribution in [1.82, 2.24) is 14.7 Å². The Balaban J connectivity index is 1.52. The molecule has 5 heteroatoms. The first-order chi connectivity index (χ1) is 15.2. The van der Waals surface area contributed by atoms with E-state index in [0.29, 0.717) is 24.3 Å². The summed E-state index contributed by atoms with van der Waals surface area (Å²) < 4.78 is 5.23. The molecule has 0 aliphatic carbocycles. The van der Waals surface area contributed by atoms with E-state index in [2.05, 4.69) is 52.0 Å². The highest BCUT2D eigenvalue weighted by atomic mass is 16.5. The van der Waals surface area contributed by atoms with Crippen molar-refractivity contribution in [3.63, 3.8) is 0 Å². The predicted octanol–water partition coefficient (Wildman–Crippen LogP) is 3.68. The monoisotopic (exact) mass is 429 g/mol. The largest absolute Gasteiger partial charge is 0.383 e. The Labute approximate surface area is 189 Å². The number of hydrogen-bond acceptors (Lipinski definition) is 4. The second kappa shape index (κ2) is 13.2. The average molecular weight is 430 g/mol. The molecule has 1 atom stereocenters. The fraction of sp³-hybridized carbons (Fsp3) is 0.731. The number of amides is 1. The van der Waals surface area contributed by atoms with Gasteiger partial charge in [0.1, 0.15) is 0 Å². The Bertz CT molecular complexity index is 631. The summed E-state index contributed by atoms with van der Waals surface area (Å²) in [5, 5.41) is 0. The lowest BCUT2D eigenvalue weighted by Gasteiger charge is -2.36. The zero-order chi connectivity index (χ0) is 21.9. The molecule has 0 saturated carbocycles. The lowest BCUT2D eigenvalue weighted by molar-refractivity contribution is -0.133. The van der Waals surface area contributed by atoms with Gasteiger partial charge in [-0.1, -0.05) is 37.3 Å². The highest BCUT2D eigenvalue weighted by Gasteiger charge is 2.29. The Morgan fingerprint density at radius 1 is 1.10 bits per heavy atom. The number of carbonyl (C=O) groups is 1. The fourth-order valence-electron chi connectivity index (χ4n) is 5.22. The van der Waals surface area contributed by atoms with Crippen LogP contribution in [0.3, 0.4) is 0 Å². The molecule has 2 heterocycles. The molecule has 174 valence electrons. The van der Waals surface area contributed by atoms with Crippen LogP contribution in [0.25, 0.3) is 0 Å². The van der Waals surface area contributed by atoms with E-state index in [1.807, 2.05) is 0 Å². The molecular formula is C26H43N3O2. The number of methoxy groups -OCH3 is 1. The third-order valence-electron chi connectivity index (χ3n) is 7.19. The van der Waals surface area contributed by atoms with E-state index in [4.69, 9.17) is 4.74 Å². The van der Waals surface area contributed by atoms with Crippen molar-refractivity contribution in [1.29, 1.82) is 0 Å². The van der Waals surface area contributed by atoms with Gasteiger partial charge < -0.3 is 14.5 Å². The number of hydrogen-bond donors (Lipinski definition) is 0. The van der Waals surface area contributed by atoms with Crippen LogP contribution in [0.5, 0.6) is 0 Å². The van der Waals surface area contributed by atoms with Crippen LogP contribution in [-0.4, -0.2) is 86.2 Å². The standard InChI is InChI=1S/C26H43N3O2/c1-3-28-16-8-12-25(28)22-29(21-24-14-17-27(18-15-24)19-20-31-2)26(30)13-7-11-23-9-5-4-6-10-23/h4-6,9-10,24-25H,3,7-8,11-22H2,1-2H3. The number of likely N-dealkylation sites (N-methyl/N-ethyl adjacent to an activating group) is 1. The van der Waals surface area contributed by atoms with Crippen LogP contribution in [0, 0.1) is 5.92 Å². The molecule has 0 bridgehead atoms. The molecular weight excluding hydrogens is 386 g/mol. The molecule has 31 heavy (non-hydrogen) atoms. The number of rotatable bonds is 12. The summed E-state index contributed by atoms with van der Waals surface area (Å²) in [5.41, 5.74) is 1.33. The van der Waals surface area contributed by atoms with Crippen molar-refractivity contribution in [3.8, 4) is 0 Å². The highest BCUT2D eigenvalue weighted by Crippen LogP contribution is 2.22. The molecule has 5 nitrogen and oxygen atoms in total. The van der Waals surface area contributed by atoms with E-state index in [-0.39, 0.29) is 0 Å². The predicted molar refractivity (Wildman–Crippen MR) is 127 cm³/mol. The van der Waals surface area contributed by atoms with Crippen LogP contribution in [0.1, 0.15) is 51.0 Å². The summed E-state index contributed by atoms with van der Waals surface area (Å²) in [4.78, 5) is 20.6. The second-order valence-corrected chi connectivity index (χ2v) is 9.34. The summed E-state index contributed by atoms with van der Waals surface area (Å²) in [6.45, 7) is 10.5. The minimum atomic E-state index is 0.362. The van der Waals surface area contributed by atoms with Gasteiger partial charge in [-0.25, -0.2) is 0 Å². The molecule has 0 radical (unpaired) electrons. The topological polar surface area (TPSA) is 36.0 Å². The van der Waals surface area contributed by atoms with E-state index in [0.717, 1.165) is 58.7 Å². The number of aryl methyl sites for hydroxylation is 1. The Morgan fingerprint density at radius 3 is 2.58 bits per heavy atom. The van der Waals surface area contributed by atoms with Crippen molar-refractivity contribution < 1.29 is 9.53 Å². The molecule has 0 N–H and O–H groups in total. The number of benzene rings is 1. The Morgan fingerprint density at radius 2 is 1.87 bits per heavy atom. The second-order valence-electron chi connectivity index (χ2n) is 9.34. The molecule has 0 aromatic heterocycles. The van der Waals surface area contributed by atoms with Crippen LogP contribution in [0.4, 0.5) is 0 Å². The van der Waals surface area contributed by atoms with E-state index in [1.165, 1.54) is 37.8 Å². The molecule has 2 saturated heterocycles. The van der Waals surface area contributed by atoms with Gasteiger partial charge in [-0.2, -0.15) is 0 Å². The molecule has 0 spiro atoms. The molecule has 3 rings (SSSR count). The lowest BCUT2D eigenvalue weighted by Crippen LogP contribution is -2.46. The van der Waals surface area contributed by atoms with Gasteiger partial charge in [-0.3, -0.25) is 9.69 Å². The zero-order valence-electron chi connectivity index (χ0n) is 19.8. The molecule has 2 aliphatic heterocycles. The number of piperidine rings is 1. The van der Waals surface area contributed by atoms with Crippen molar-refractivity contribution in [2.75, 3.05) is 59.5 Å². The maximum Gasteiger partial charge on any atom is 0.222 e. The summed E-state index contributed by atoms with van der Waals surface area (Å²) >= 11 is 0. The highest BCUT2D eigenvalue weighted by molar-refractivity contribution is 5.76. The summed E-state index contributed by atoms with van der Waals surface area (Å²) in [6, 6.07) is 11.1. The summed E-state index contributed by atoms with van der Waals surface area (Å²) in [6.07, 6.45) is 7.49. The first-order valence-corrected chi connectivity index (χ1v) is 12.5. The molecule has 2 aliphatic rings. The third kappa shape index (κ3) is 7.89. The van der Waals surface area contributed by atoms with Crippen molar-refractivity contribution in [2.45, 2.75) is 57.9 Å². The maximum absolute atomic E-state index is 13.3. The van der Waals surface area contributed by atoms with Crippen LogP contribution < -0.4 is 0 Å². The normalized spacial score (nSPS) is 20.9. The quantitative estimate of drug-likeness (QED) is 0.508. The van der Waals surface area contributed by atoms with Gasteiger partial charge in [0.05, 0.1) is 6.61 Å². The fourth-order valence-corrected chi connectivity index (χ4v) is 5.22. The van der Waals surface area contributed by atoms with Gasteiger partial charge in [-0.15, -0.1) is 0 Å². The van der Waals surface area contributed by atoms with Gasteiger partial charge in [-0.05, 0) is 76.2 Å². The van der Waals surface area contributed by atoms with Gasteiger partial charge in [0, 0.05) is 39.2 Å². The van der Waals surface area contributed by atoms with E-state index in [9.17, 15) is 4.79 Å². The zero-order valence-corrected chi connectivity index (χ0v) is 19.8. The van der Waals surface area contributed by atoms with Crippen LogP contribution in [0.15, 0.2) is 30.3 Å². The Kier molecular flexibility index (Phi) is 10.3. The van der Waals surface area contributed by atoms with E-state index in [1.54, 1.807) is 7.11 Å². The molecule has 1 unspecified atom stereocenters. The van der Waals surface area contributed by atoms with Crippen molar-refractivity contribution >= 4 is 5.91 Å². The maximum atomic E-state index is 13.3. The SMILES string of the molecule is CCN1CCCC1CN(CC1CCN(CCOC)CC1)C(=O)CCCc1ccccc1. The smallest absolute Gasteiger partial charge is 0.222 e. The van der Waals surface area contributed by atoms with Crippen LogP contribution >= 0.6 is 0 Å². The van der Waals surface area contributed by atoms with Gasteiger partial charge in [0.2, 0.25) is 5.91 Å². The van der Waals surface area contributed by atoms with E-state index < -0.39 is 0 Å². The van der Waals surface area contributed by atoms with E-state index >= 15 is 0 Å². The minimum absolute atomic E-state index is 0.362. The minimum Gasteiger partial charge on any atom is -0.383 e. The third-order valence-corrected chi connectivity index (χ3v) is 7.19.